The molecular weight excluding hydrogens is 316 g/mol. The molecule has 0 saturated heterocycles. The number of rotatable bonds is 8. The van der Waals surface area contributed by atoms with Crippen LogP contribution in [0.15, 0.2) is 48.5 Å². The van der Waals surface area contributed by atoms with Crippen molar-refractivity contribution in [1.82, 2.24) is 9.97 Å². The third kappa shape index (κ3) is 4.36. The first-order valence-corrected chi connectivity index (χ1v) is 8.29. The molecule has 1 heterocycles. The van der Waals surface area contributed by atoms with E-state index >= 15 is 0 Å². The van der Waals surface area contributed by atoms with E-state index in [1.54, 1.807) is 7.11 Å². The van der Waals surface area contributed by atoms with E-state index in [0.717, 1.165) is 28.2 Å². The van der Waals surface area contributed by atoms with E-state index in [0.29, 0.717) is 25.7 Å². The molecular formula is C19H22N4O2. The van der Waals surface area contributed by atoms with Crippen LogP contribution in [0.2, 0.25) is 0 Å². The minimum Gasteiger partial charge on any atom is -0.494 e. The van der Waals surface area contributed by atoms with Crippen molar-refractivity contribution in [2.45, 2.75) is 6.92 Å². The van der Waals surface area contributed by atoms with Gasteiger partial charge in [-0.05, 0) is 43.3 Å². The number of nitrogens with zero attached hydrogens (tertiary/aromatic N) is 2. The first kappa shape index (κ1) is 17.0. The summed E-state index contributed by atoms with van der Waals surface area (Å²) in [4.78, 5) is 9.20. The number of hydrogen-bond donors (Lipinski definition) is 2. The van der Waals surface area contributed by atoms with Crippen molar-refractivity contribution in [3.8, 4) is 5.75 Å². The number of fused-ring (bicyclic) bond motifs is 1. The lowest BCUT2D eigenvalue weighted by atomic mass is 10.2. The largest absolute Gasteiger partial charge is 0.494 e. The zero-order chi connectivity index (χ0) is 17.5. The number of nitrogens with one attached hydrogen (secondary N) is 2. The summed E-state index contributed by atoms with van der Waals surface area (Å²) in [6, 6.07) is 15.7. The molecule has 0 aliphatic carbocycles. The summed E-state index contributed by atoms with van der Waals surface area (Å²) in [6.07, 6.45) is 0. The summed E-state index contributed by atoms with van der Waals surface area (Å²) in [5, 5.41) is 7.53. The van der Waals surface area contributed by atoms with E-state index in [1.165, 1.54) is 0 Å². The van der Waals surface area contributed by atoms with Crippen molar-refractivity contribution in [3.05, 3.63) is 48.5 Å². The van der Waals surface area contributed by atoms with Gasteiger partial charge in [-0.3, -0.25) is 0 Å². The van der Waals surface area contributed by atoms with Crippen molar-refractivity contribution >= 4 is 28.4 Å². The van der Waals surface area contributed by atoms with Gasteiger partial charge in [-0.15, -0.1) is 0 Å². The molecule has 6 nitrogen and oxygen atoms in total. The number of ether oxygens (including phenoxy) is 2. The minimum atomic E-state index is 0.544. The number of anilines is 3. The molecule has 2 N–H and O–H groups in total. The summed E-state index contributed by atoms with van der Waals surface area (Å²) in [5.74, 6) is 2.17. The Morgan fingerprint density at radius 2 is 1.80 bits per heavy atom. The second kappa shape index (κ2) is 8.30. The number of aromatic nitrogens is 2. The van der Waals surface area contributed by atoms with Crippen LogP contribution in [0.5, 0.6) is 5.75 Å². The lowest BCUT2D eigenvalue weighted by Gasteiger charge is -2.12. The molecule has 25 heavy (non-hydrogen) atoms. The average molecular weight is 338 g/mol. The Kier molecular flexibility index (Phi) is 5.64. The van der Waals surface area contributed by atoms with Gasteiger partial charge in [0.15, 0.2) is 0 Å². The van der Waals surface area contributed by atoms with E-state index in [-0.39, 0.29) is 0 Å². The van der Waals surface area contributed by atoms with Crippen molar-refractivity contribution in [3.63, 3.8) is 0 Å². The predicted molar refractivity (Wildman–Crippen MR) is 101 cm³/mol. The summed E-state index contributed by atoms with van der Waals surface area (Å²) in [7, 11) is 1.68. The molecule has 130 valence electrons. The maximum Gasteiger partial charge on any atom is 0.229 e. The number of benzene rings is 2. The Hall–Kier alpha value is -2.86. The third-order valence-corrected chi connectivity index (χ3v) is 3.62. The lowest BCUT2D eigenvalue weighted by molar-refractivity contribution is 0.210. The minimum absolute atomic E-state index is 0.544. The van der Waals surface area contributed by atoms with Crippen LogP contribution in [0.3, 0.4) is 0 Å². The highest BCUT2D eigenvalue weighted by atomic mass is 16.5. The van der Waals surface area contributed by atoms with Crippen LogP contribution >= 0.6 is 0 Å². The van der Waals surface area contributed by atoms with Crippen LogP contribution < -0.4 is 15.4 Å². The Morgan fingerprint density at radius 1 is 1.00 bits per heavy atom. The first-order valence-electron chi connectivity index (χ1n) is 8.29. The molecule has 0 saturated carbocycles. The zero-order valence-electron chi connectivity index (χ0n) is 14.5. The molecule has 6 heteroatoms. The zero-order valence-corrected chi connectivity index (χ0v) is 14.5. The van der Waals surface area contributed by atoms with Crippen molar-refractivity contribution in [2.24, 2.45) is 0 Å². The highest BCUT2D eigenvalue weighted by Crippen LogP contribution is 2.24. The van der Waals surface area contributed by atoms with Crippen molar-refractivity contribution in [1.29, 1.82) is 0 Å². The average Bonchev–Trinajstić information content (AvgIpc) is 2.64. The number of hydrogen-bond acceptors (Lipinski definition) is 6. The molecule has 0 bridgehead atoms. The van der Waals surface area contributed by atoms with Gasteiger partial charge < -0.3 is 20.1 Å². The fourth-order valence-corrected chi connectivity index (χ4v) is 2.47. The molecule has 0 spiro atoms. The number of para-hydroxylation sites is 1. The molecule has 0 fully saturated rings. The summed E-state index contributed by atoms with van der Waals surface area (Å²) in [5.41, 5.74) is 1.78. The van der Waals surface area contributed by atoms with Gasteiger partial charge in [0, 0.05) is 24.7 Å². The molecule has 0 atom stereocenters. The SMILES string of the molecule is CCOc1ccc(Nc2nc(NCCOC)c3ccccc3n2)cc1. The van der Waals surface area contributed by atoms with Crippen LogP contribution in [-0.4, -0.2) is 36.8 Å². The molecule has 0 unspecified atom stereocenters. The van der Waals surface area contributed by atoms with Gasteiger partial charge >= 0.3 is 0 Å². The molecule has 3 rings (SSSR count). The molecule has 0 amide bonds. The summed E-state index contributed by atoms with van der Waals surface area (Å²) < 4.78 is 10.6. The highest BCUT2D eigenvalue weighted by molar-refractivity contribution is 5.90. The molecule has 2 aromatic carbocycles. The second-order valence-corrected chi connectivity index (χ2v) is 5.41. The molecule has 0 radical (unpaired) electrons. The van der Waals surface area contributed by atoms with Crippen LogP contribution in [0, 0.1) is 0 Å². The van der Waals surface area contributed by atoms with Crippen LogP contribution in [0.1, 0.15) is 6.92 Å². The molecule has 0 aliphatic rings. The molecule has 3 aromatic rings. The normalized spacial score (nSPS) is 10.6. The Bertz CT molecular complexity index is 821. The Morgan fingerprint density at radius 3 is 2.56 bits per heavy atom. The van der Waals surface area contributed by atoms with E-state index in [4.69, 9.17) is 9.47 Å². The standard InChI is InChI=1S/C19H22N4O2/c1-3-25-15-10-8-14(9-11-15)21-19-22-17-7-5-4-6-16(17)18(23-19)20-12-13-24-2/h4-11H,3,12-13H2,1-2H3,(H2,20,21,22,23). The van der Waals surface area contributed by atoms with Gasteiger partial charge in [-0.1, -0.05) is 12.1 Å². The maximum atomic E-state index is 5.46. The van der Waals surface area contributed by atoms with Gasteiger partial charge in [-0.25, -0.2) is 4.98 Å². The van der Waals surface area contributed by atoms with E-state index in [2.05, 4.69) is 20.6 Å². The van der Waals surface area contributed by atoms with Crippen LogP contribution in [0.4, 0.5) is 17.5 Å². The van der Waals surface area contributed by atoms with E-state index < -0.39 is 0 Å². The monoisotopic (exact) mass is 338 g/mol. The summed E-state index contributed by atoms with van der Waals surface area (Å²) in [6.45, 7) is 3.91. The highest BCUT2D eigenvalue weighted by Gasteiger charge is 2.07. The second-order valence-electron chi connectivity index (χ2n) is 5.41. The van der Waals surface area contributed by atoms with Gasteiger partial charge in [0.2, 0.25) is 5.95 Å². The maximum absolute atomic E-state index is 5.46. The van der Waals surface area contributed by atoms with Gasteiger partial charge in [0.25, 0.3) is 0 Å². The topological polar surface area (TPSA) is 68.3 Å². The van der Waals surface area contributed by atoms with Gasteiger partial charge in [-0.2, -0.15) is 4.98 Å². The summed E-state index contributed by atoms with van der Waals surface area (Å²) >= 11 is 0. The lowest BCUT2D eigenvalue weighted by Crippen LogP contribution is -2.10. The quantitative estimate of drug-likeness (QED) is 0.609. The number of methoxy groups -OCH3 is 1. The fraction of sp³-hybridized carbons (Fsp3) is 0.263. The van der Waals surface area contributed by atoms with E-state index in [9.17, 15) is 0 Å². The van der Waals surface area contributed by atoms with Crippen molar-refractivity contribution in [2.75, 3.05) is 37.5 Å². The Labute approximate surface area is 147 Å². The Balaban J connectivity index is 1.85. The smallest absolute Gasteiger partial charge is 0.229 e. The van der Waals surface area contributed by atoms with Crippen LogP contribution in [0.25, 0.3) is 10.9 Å². The molecule has 1 aromatic heterocycles. The third-order valence-electron chi connectivity index (χ3n) is 3.62. The van der Waals surface area contributed by atoms with Gasteiger partial charge in [0.1, 0.15) is 11.6 Å². The van der Waals surface area contributed by atoms with E-state index in [1.807, 2.05) is 55.5 Å². The van der Waals surface area contributed by atoms with Gasteiger partial charge in [0.05, 0.1) is 18.7 Å². The fourth-order valence-electron chi connectivity index (χ4n) is 2.47. The predicted octanol–water partition coefficient (Wildman–Crippen LogP) is 3.83. The van der Waals surface area contributed by atoms with Crippen LogP contribution in [-0.2, 0) is 4.74 Å². The molecule has 0 aliphatic heterocycles. The van der Waals surface area contributed by atoms with Crippen molar-refractivity contribution < 1.29 is 9.47 Å². The first-order chi connectivity index (χ1) is 12.3.